The van der Waals surface area contributed by atoms with Crippen LogP contribution in [0.15, 0.2) is 15.9 Å². The molecule has 1 atom stereocenters. The molecule has 1 aliphatic heterocycles. The van der Waals surface area contributed by atoms with Gasteiger partial charge in [0.25, 0.3) is 5.56 Å². The van der Waals surface area contributed by atoms with Gasteiger partial charge in [-0.15, -0.1) is 0 Å². The average Bonchev–Trinajstić information content (AvgIpc) is 3.08. The third kappa shape index (κ3) is 1.89. The molecule has 108 valence electrons. The van der Waals surface area contributed by atoms with Gasteiger partial charge in [0.15, 0.2) is 11.2 Å². The van der Waals surface area contributed by atoms with Gasteiger partial charge in [-0.3, -0.25) is 13.9 Å². The highest BCUT2D eigenvalue weighted by Gasteiger charge is 2.19. The molecule has 0 amide bonds. The Morgan fingerprint density at radius 2 is 2.25 bits per heavy atom. The highest BCUT2D eigenvalue weighted by atomic mass is 16.2. The predicted molar refractivity (Wildman–Crippen MR) is 75.9 cm³/mol. The minimum absolute atomic E-state index is 0.273. The van der Waals surface area contributed by atoms with Gasteiger partial charge in [-0.25, -0.2) is 9.78 Å². The highest BCUT2D eigenvalue weighted by Crippen LogP contribution is 2.12. The molecular weight excluding hydrogens is 258 g/mol. The normalized spacial score (nSPS) is 19.0. The van der Waals surface area contributed by atoms with Gasteiger partial charge in [-0.05, 0) is 26.3 Å². The topological polar surface area (TPSA) is 73.8 Å². The number of hydrogen-bond acceptors (Lipinski definition) is 4. The number of aryl methyl sites for hydroxylation is 1. The molecule has 2 aromatic rings. The van der Waals surface area contributed by atoms with Crippen LogP contribution in [0.3, 0.4) is 0 Å². The molecule has 7 nitrogen and oxygen atoms in total. The molecule has 0 aliphatic carbocycles. The first-order valence-corrected chi connectivity index (χ1v) is 7.01. The lowest BCUT2D eigenvalue weighted by Crippen LogP contribution is -2.39. The van der Waals surface area contributed by atoms with Gasteiger partial charge in [0.1, 0.15) is 0 Å². The first kappa shape index (κ1) is 13.1. The second kappa shape index (κ2) is 4.90. The van der Waals surface area contributed by atoms with Crippen LogP contribution in [0.1, 0.15) is 19.8 Å². The molecule has 1 unspecified atom stereocenters. The fourth-order valence-electron chi connectivity index (χ4n) is 2.88. The van der Waals surface area contributed by atoms with Crippen LogP contribution in [0.5, 0.6) is 0 Å². The van der Waals surface area contributed by atoms with E-state index in [1.807, 2.05) is 11.5 Å². The molecule has 1 aliphatic rings. The number of nitrogens with zero attached hydrogens (tertiary/aromatic N) is 4. The van der Waals surface area contributed by atoms with Crippen molar-refractivity contribution in [2.45, 2.75) is 38.9 Å². The Labute approximate surface area is 115 Å². The Balaban J connectivity index is 2.18. The quantitative estimate of drug-likeness (QED) is 0.833. The lowest BCUT2D eigenvalue weighted by atomic mass is 10.2. The maximum Gasteiger partial charge on any atom is 0.332 e. The first-order valence-electron chi connectivity index (χ1n) is 7.01. The van der Waals surface area contributed by atoms with Crippen molar-refractivity contribution in [2.24, 2.45) is 7.05 Å². The lowest BCUT2D eigenvalue weighted by molar-refractivity contribution is 0.515. The van der Waals surface area contributed by atoms with Crippen molar-refractivity contribution in [2.75, 3.05) is 6.54 Å². The molecule has 0 spiro atoms. The van der Waals surface area contributed by atoms with Crippen molar-refractivity contribution < 1.29 is 0 Å². The second-order valence-corrected chi connectivity index (χ2v) is 5.25. The number of hydrogen-bond donors (Lipinski definition) is 1. The summed E-state index contributed by atoms with van der Waals surface area (Å²) in [6, 6.07) is 0.374. The molecule has 1 saturated heterocycles. The standard InChI is InChI=1S/C13H19N5O2/c1-3-18-11-10(12(19)16(2)13(18)20)17(8-15-11)7-9-5-4-6-14-9/h8-9,14H,3-7H2,1-2H3. The van der Waals surface area contributed by atoms with Gasteiger partial charge in [-0.1, -0.05) is 0 Å². The van der Waals surface area contributed by atoms with Crippen molar-refractivity contribution in [3.05, 3.63) is 27.2 Å². The van der Waals surface area contributed by atoms with E-state index in [1.165, 1.54) is 11.6 Å². The van der Waals surface area contributed by atoms with Crippen LogP contribution in [-0.2, 0) is 20.1 Å². The van der Waals surface area contributed by atoms with Crippen LogP contribution in [-0.4, -0.2) is 31.3 Å². The summed E-state index contributed by atoms with van der Waals surface area (Å²) in [6.45, 7) is 4.12. The highest BCUT2D eigenvalue weighted by molar-refractivity contribution is 5.70. The van der Waals surface area contributed by atoms with E-state index in [0.29, 0.717) is 30.3 Å². The molecular formula is C13H19N5O2. The summed E-state index contributed by atoms with van der Waals surface area (Å²) < 4.78 is 4.56. The molecule has 7 heteroatoms. The molecule has 0 aromatic carbocycles. The fraction of sp³-hybridized carbons (Fsp3) is 0.615. The van der Waals surface area contributed by atoms with Crippen LogP contribution < -0.4 is 16.6 Å². The monoisotopic (exact) mass is 277 g/mol. The third-order valence-electron chi connectivity index (χ3n) is 3.99. The molecule has 1 N–H and O–H groups in total. The molecule has 2 aromatic heterocycles. The van der Waals surface area contributed by atoms with Crippen LogP contribution in [0.2, 0.25) is 0 Å². The van der Waals surface area contributed by atoms with Gasteiger partial charge >= 0.3 is 5.69 Å². The van der Waals surface area contributed by atoms with Gasteiger partial charge in [0.05, 0.1) is 6.33 Å². The zero-order valence-corrected chi connectivity index (χ0v) is 11.8. The maximum absolute atomic E-state index is 12.3. The van der Waals surface area contributed by atoms with Crippen LogP contribution in [0, 0.1) is 0 Å². The number of fused-ring (bicyclic) bond motifs is 1. The van der Waals surface area contributed by atoms with E-state index in [2.05, 4.69) is 10.3 Å². The Morgan fingerprint density at radius 3 is 2.90 bits per heavy atom. The summed E-state index contributed by atoms with van der Waals surface area (Å²) in [7, 11) is 1.52. The van der Waals surface area contributed by atoms with Gasteiger partial charge in [0.2, 0.25) is 0 Å². The van der Waals surface area contributed by atoms with E-state index >= 15 is 0 Å². The van der Waals surface area contributed by atoms with Crippen molar-refractivity contribution in [1.82, 2.24) is 24.0 Å². The minimum Gasteiger partial charge on any atom is -0.323 e. The number of rotatable bonds is 3. The molecule has 3 rings (SSSR count). The smallest absolute Gasteiger partial charge is 0.323 e. The summed E-state index contributed by atoms with van der Waals surface area (Å²) in [5.41, 5.74) is 0.417. The van der Waals surface area contributed by atoms with Crippen molar-refractivity contribution in [3.8, 4) is 0 Å². The second-order valence-electron chi connectivity index (χ2n) is 5.25. The summed E-state index contributed by atoms with van der Waals surface area (Å²) in [5.74, 6) is 0. The summed E-state index contributed by atoms with van der Waals surface area (Å²) >= 11 is 0. The fourth-order valence-corrected chi connectivity index (χ4v) is 2.88. The number of aromatic nitrogens is 4. The van der Waals surface area contributed by atoms with E-state index in [-0.39, 0.29) is 11.2 Å². The van der Waals surface area contributed by atoms with Crippen molar-refractivity contribution >= 4 is 11.2 Å². The van der Waals surface area contributed by atoms with E-state index < -0.39 is 0 Å². The molecule has 0 bridgehead atoms. The molecule has 20 heavy (non-hydrogen) atoms. The van der Waals surface area contributed by atoms with Crippen LogP contribution in [0.4, 0.5) is 0 Å². The Kier molecular flexibility index (Phi) is 3.21. The number of nitrogens with one attached hydrogen (secondary N) is 1. The molecule has 0 radical (unpaired) electrons. The van der Waals surface area contributed by atoms with Crippen molar-refractivity contribution in [3.63, 3.8) is 0 Å². The Hall–Kier alpha value is -1.89. The SMILES string of the molecule is CCn1c(=O)n(C)c(=O)c2c1ncn2CC1CCCN1. The summed E-state index contributed by atoms with van der Waals surface area (Å²) in [6.07, 6.45) is 3.93. The Morgan fingerprint density at radius 1 is 1.45 bits per heavy atom. The van der Waals surface area contributed by atoms with E-state index in [4.69, 9.17) is 0 Å². The molecule has 3 heterocycles. The minimum atomic E-state index is -0.311. The maximum atomic E-state index is 12.3. The first-order chi connectivity index (χ1) is 9.63. The predicted octanol–water partition coefficient (Wildman–Crippen LogP) is -0.331. The zero-order valence-electron chi connectivity index (χ0n) is 11.8. The summed E-state index contributed by atoms with van der Waals surface area (Å²) in [5, 5.41) is 3.41. The van der Waals surface area contributed by atoms with E-state index in [9.17, 15) is 9.59 Å². The van der Waals surface area contributed by atoms with Crippen LogP contribution >= 0.6 is 0 Å². The van der Waals surface area contributed by atoms with Gasteiger partial charge < -0.3 is 9.88 Å². The Bertz CT molecular complexity index is 748. The number of imidazole rings is 1. The third-order valence-corrected chi connectivity index (χ3v) is 3.99. The van der Waals surface area contributed by atoms with E-state index in [1.54, 1.807) is 6.33 Å². The average molecular weight is 277 g/mol. The molecule has 1 fully saturated rings. The zero-order chi connectivity index (χ0) is 14.3. The molecule has 0 saturated carbocycles. The van der Waals surface area contributed by atoms with E-state index in [0.717, 1.165) is 24.0 Å². The largest absolute Gasteiger partial charge is 0.332 e. The summed E-state index contributed by atoms with van der Waals surface area (Å²) in [4.78, 5) is 28.7. The lowest BCUT2D eigenvalue weighted by Gasteiger charge is -2.12. The van der Waals surface area contributed by atoms with Gasteiger partial charge in [0, 0.05) is 26.2 Å². The van der Waals surface area contributed by atoms with Gasteiger partial charge in [-0.2, -0.15) is 0 Å². The van der Waals surface area contributed by atoms with Crippen LogP contribution in [0.25, 0.3) is 11.2 Å². The van der Waals surface area contributed by atoms with Crippen molar-refractivity contribution in [1.29, 1.82) is 0 Å².